The molecule has 2 rings (SSSR count). The first-order chi connectivity index (χ1) is 10.5. The van der Waals surface area contributed by atoms with Crippen LogP contribution in [-0.2, 0) is 6.54 Å². The summed E-state index contributed by atoms with van der Waals surface area (Å²) in [5, 5.41) is 0.567. The van der Waals surface area contributed by atoms with E-state index in [0.29, 0.717) is 11.6 Å². The third-order valence-electron chi connectivity index (χ3n) is 3.02. The molecule has 2 aromatic carbocycles. The van der Waals surface area contributed by atoms with Crippen LogP contribution in [0.1, 0.15) is 15.9 Å². The van der Waals surface area contributed by atoms with Gasteiger partial charge >= 0.3 is 6.61 Å². The van der Waals surface area contributed by atoms with Gasteiger partial charge in [0.05, 0.1) is 0 Å². The molecule has 0 bridgehead atoms. The molecule has 0 aliphatic rings. The van der Waals surface area contributed by atoms with Gasteiger partial charge in [0.25, 0.3) is 5.91 Å². The lowest BCUT2D eigenvalue weighted by molar-refractivity contribution is -0.0499. The molecule has 0 aliphatic heterocycles. The number of halogens is 3. The molecule has 2 aromatic rings. The van der Waals surface area contributed by atoms with E-state index in [0.717, 1.165) is 5.56 Å². The number of benzene rings is 2. The molecule has 6 heteroatoms. The van der Waals surface area contributed by atoms with Crippen molar-refractivity contribution in [1.29, 1.82) is 0 Å². The number of amides is 1. The van der Waals surface area contributed by atoms with Crippen LogP contribution in [0.2, 0.25) is 5.02 Å². The maximum atomic E-state index is 12.3. The van der Waals surface area contributed by atoms with Crippen molar-refractivity contribution in [2.75, 3.05) is 7.05 Å². The molecule has 0 aliphatic carbocycles. The number of ether oxygens (including phenoxy) is 1. The Morgan fingerprint density at radius 3 is 2.64 bits per heavy atom. The van der Waals surface area contributed by atoms with E-state index in [9.17, 15) is 13.6 Å². The predicted octanol–water partition coefficient (Wildman–Crippen LogP) is 4.21. The number of nitrogens with zero attached hydrogens (tertiary/aromatic N) is 1. The second-order valence-corrected chi connectivity index (χ2v) is 5.07. The highest BCUT2D eigenvalue weighted by molar-refractivity contribution is 6.31. The lowest BCUT2D eigenvalue weighted by Gasteiger charge is -2.18. The fraction of sp³-hybridized carbons (Fsp3) is 0.188. The summed E-state index contributed by atoms with van der Waals surface area (Å²) < 4.78 is 28.7. The second-order valence-electron chi connectivity index (χ2n) is 4.66. The zero-order chi connectivity index (χ0) is 16.1. The van der Waals surface area contributed by atoms with Crippen molar-refractivity contribution in [2.45, 2.75) is 13.2 Å². The van der Waals surface area contributed by atoms with E-state index in [2.05, 4.69) is 4.74 Å². The third kappa shape index (κ3) is 4.18. The number of carbonyl (C=O) groups excluding carboxylic acids is 1. The first-order valence-electron chi connectivity index (χ1n) is 6.51. The summed E-state index contributed by atoms with van der Waals surface area (Å²) in [5.74, 6) is -0.355. The van der Waals surface area contributed by atoms with E-state index in [4.69, 9.17) is 11.6 Å². The van der Waals surface area contributed by atoms with E-state index < -0.39 is 6.61 Å². The number of carbonyl (C=O) groups is 1. The van der Waals surface area contributed by atoms with E-state index in [1.54, 1.807) is 25.2 Å². The van der Waals surface area contributed by atoms with Crippen molar-refractivity contribution in [3.63, 3.8) is 0 Å². The van der Waals surface area contributed by atoms with Crippen LogP contribution in [0.4, 0.5) is 8.78 Å². The Hall–Kier alpha value is -2.14. The highest BCUT2D eigenvalue weighted by Crippen LogP contribution is 2.20. The zero-order valence-corrected chi connectivity index (χ0v) is 12.6. The molecule has 0 spiro atoms. The zero-order valence-electron chi connectivity index (χ0n) is 11.8. The maximum absolute atomic E-state index is 12.3. The summed E-state index contributed by atoms with van der Waals surface area (Å²) in [5.41, 5.74) is 1.08. The summed E-state index contributed by atoms with van der Waals surface area (Å²) in [4.78, 5) is 13.8. The Bertz CT molecular complexity index is 664. The molecule has 1 amide bonds. The van der Waals surface area contributed by atoms with Gasteiger partial charge in [-0.3, -0.25) is 4.79 Å². The van der Waals surface area contributed by atoms with Gasteiger partial charge in [-0.2, -0.15) is 8.78 Å². The van der Waals surface area contributed by atoms with Gasteiger partial charge in [0.15, 0.2) is 0 Å². The first-order valence-corrected chi connectivity index (χ1v) is 6.89. The largest absolute Gasteiger partial charge is 0.435 e. The molecule has 0 aromatic heterocycles. The smallest absolute Gasteiger partial charge is 0.387 e. The summed E-state index contributed by atoms with van der Waals surface area (Å²) in [6, 6.07) is 12.9. The molecule has 0 saturated carbocycles. The summed E-state index contributed by atoms with van der Waals surface area (Å²) >= 11 is 6.06. The van der Waals surface area contributed by atoms with Crippen molar-refractivity contribution in [3.05, 3.63) is 64.7 Å². The lowest BCUT2D eigenvalue weighted by Crippen LogP contribution is -2.26. The summed E-state index contributed by atoms with van der Waals surface area (Å²) in [6.07, 6.45) is 0. The third-order valence-corrected chi connectivity index (χ3v) is 3.39. The van der Waals surface area contributed by atoms with Gasteiger partial charge < -0.3 is 9.64 Å². The molecule has 22 heavy (non-hydrogen) atoms. The Kier molecular flexibility index (Phi) is 5.33. The lowest BCUT2D eigenvalue weighted by atomic mass is 10.1. The Morgan fingerprint density at radius 2 is 1.95 bits per heavy atom. The van der Waals surface area contributed by atoms with Crippen LogP contribution in [0.3, 0.4) is 0 Å². The van der Waals surface area contributed by atoms with Gasteiger partial charge in [-0.1, -0.05) is 35.9 Å². The average Bonchev–Trinajstić information content (AvgIpc) is 2.48. The molecule has 0 heterocycles. The van der Waals surface area contributed by atoms with Crippen LogP contribution in [0.15, 0.2) is 48.5 Å². The van der Waals surface area contributed by atoms with Gasteiger partial charge in [-0.15, -0.1) is 0 Å². The van der Waals surface area contributed by atoms with E-state index >= 15 is 0 Å². The fourth-order valence-corrected chi connectivity index (χ4v) is 2.18. The molecular weight excluding hydrogens is 312 g/mol. The molecule has 0 fully saturated rings. The van der Waals surface area contributed by atoms with Crippen LogP contribution >= 0.6 is 11.6 Å². The minimum absolute atomic E-state index is 0.0491. The Labute approximate surface area is 132 Å². The number of alkyl halides is 2. The van der Waals surface area contributed by atoms with Crippen molar-refractivity contribution in [2.24, 2.45) is 0 Å². The summed E-state index contributed by atoms with van der Waals surface area (Å²) in [6.45, 7) is -2.61. The molecule has 0 atom stereocenters. The van der Waals surface area contributed by atoms with Gasteiger partial charge in [-0.25, -0.2) is 0 Å². The van der Waals surface area contributed by atoms with Crippen molar-refractivity contribution in [1.82, 2.24) is 4.90 Å². The standard InChI is InChI=1S/C16H14ClF2NO2/c1-20(10-12-5-2-3-8-14(12)17)15(21)11-6-4-7-13(9-11)22-16(18)19/h2-9,16H,10H2,1H3. The molecule has 0 unspecified atom stereocenters. The minimum atomic E-state index is -2.92. The van der Waals surface area contributed by atoms with Crippen LogP contribution in [-0.4, -0.2) is 24.5 Å². The van der Waals surface area contributed by atoms with Gasteiger partial charge in [-0.05, 0) is 29.8 Å². The Morgan fingerprint density at radius 1 is 1.23 bits per heavy atom. The van der Waals surface area contributed by atoms with E-state index in [1.807, 2.05) is 12.1 Å². The normalized spacial score (nSPS) is 10.6. The second kappa shape index (κ2) is 7.22. The topological polar surface area (TPSA) is 29.5 Å². The highest BCUT2D eigenvalue weighted by Gasteiger charge is 2.15. The van der Waals surface area contributed by atoms with Gasteiger partial charge in [0.2, 0.25) is 0 Å². The quantitative estimate of drug-likeness (QED) is 0.824. The molecule has 3 nitrogen and oxygen atoms in total. The molecule has 116 valence electrons. The fourth-order valence-electron chi connectivity index (χ4n) is 1.98. The van der Waals surface area contributed by atoms with Crippen molar-refractivity contribution >= 4 is 17.5 Å². The van der Waals surface area contributed by atoms with Crippen LogP contribution < -0.4 is 4.74 Å². The van der Waals surface area contributed by atoms with Crippen LogP contribution in [0, 0.1) is 0 Å². The van der Waals surface area contributed by atoms with Gasteiger partial charge in [0.1, 0.15) is 5.75 Å². The Balaban J connectivity index is 2.12. The van der Waals surface area contributed by atoms with Crippen LogP contribution in [0.25, 0.3) is 0 Å². The minimum Gasteiger partial charge on any atom is -0.435 e. The number of hydrogen-bond donors (Lipinski definition) is 0. The first kappa shape index (κ1) is 16.2. The molecular formula is C16H14ClF2NO2. The van der Waals surface area contributed by atoms with E-state index in [1.165, 1.54) is 23.1 Å². The van der Waals surface area contributed by atoms with Crippen LogP contribution in [0.5, 0.6) is 5.75 Å². The maximum Gasteiger partial charge on any atom is 0.387 e. The van der Waals surface area contributed by atoms with Gasteiger partial charge in [0, 0.05) is 24.2 Å². The SMILES string of the molecule is CN(Cc1ccccc1Cl)C(=O)c1cccc(OC(F)F)c1. The molecule has 0 N–H and O–H groups in total. The predicted molar refractivity (Wildman–Crippen MR) is 80.3 cm³/mol. The van der Waals surface area contributed by atoms with Crippen molar-refractivity contribution < 1.29 is 18.3 Å². The molecule has 0 radical (unpaired) electrons. The summed E-state index contributed by atoms with van der Waals surface area (Å²) in [7, 11) is 1.62. The van der Waals surface area contributed by atoms with Crippen molar-refractivity contribution in [3.8, 4) is 5.75 Å². The molecule has 0 saturated heterocycles. The monoisotopic (exact) mass is 325 g/mol. The number of hydrogen-bond acceptors (Lipinski definition) is 2. The number of rotatable bonds is 5. The average molecular weight is 326 g/mol. The highest BCUT2D eigenvalue weighted by atomic mass is 35.5. The van der Waals surface area contributed by atoms with E-state index in [-0.39, 0.29) is 17.2 Å².